The highest BCUT2D eigenvalue weighted by Gasteiger charge is 2.34. The van der Waals surface area contributed by atoms with E-state index >= 15 is 0 Å². The first kappa shape index (κ1) is 32.4. The second kappa shape index (κ2) is 13.7. The Morgan fingerprint density at radius 2 is 1.81 bits per heavy atom. The number of hydrogen-bond donors (Lipinski definition) is 0. The first-order valence-electron chi connectivity index (χ1n) is 14.8. The molecule has 0 bridgehead atoms. The van der Waals surface area contributed by atoms with Gasteiger partial charge in [0, 0.05) is 29.3 Å². The molecule has 0 N–H and O–H groups in total. The van der Waals surface area contributed by atoms with Crippen molar-refractivity contribution in [3.63, 3.8) is 0 Å². The lowest BCUT2D eigenvalue weighted by Gasteiger charge is -2.25. The molecule has 1 aliphatic heterocycles. The van der Waals surface area contributed by atoms with E-state index in [0.717, 1.165) is 11.3 Å². The quantitative estimate of drug-likeness (QED) is 0.116. The number of ether oxygens (including phenoxy) is 3. The third-order valence-electron chi connectivity index (χ3n) is 7.50. The Hall–Kier alpha value is -5.52. The molecule has 0 amide bonds. The molecule has 0 fully saturated rings. The Bertz CT molecular complexity index is 2270. The lowest BCUT2D eigenvalue weighted by atomic mass is 9.95. The summed E-state index contributed by atoms with van der Waals surface area (Å²) in [6, 6.07) is 20.9. The van der Waals surface area contributed by atoms with E-state index < -0.39 is 18.0 Å². The fourth-order valence-corrected chi connectivity index (χ4v) is 6.55. The second-order valence-corrected chi connectivity index (χ2v) is 12.1. The Morgan fingerprint density at radius 3 is 2.50 bits per heavy atom. The number of para-hydroxylation sites is 1. The summed E-state index contributed by atoms with van der Waals surface area (Å²) in [6.07, 6.45) is 5.09. The molecule has 1 unspecified atom stereocenters. The molecule has 1 atom stereocenters. The van der Waals surface area contributed by atoms with Crippen molar-refractivity contribution in [3.05, 3.63) is 139 Å². The van der Waals surface area contributed by atoms with Crippen molar-refractivity contribution in [1.29, 1.82) is 0 Å². The summed E-state index contributed by atoms with van der Waals surface area (Å²) in [6.45, 7) is 6.58. The zero-order valence-corrected chi connectivity index (χ0v) is 27.7. The van der Waals surface area contributed by atoms with Gasteiger partial charge in [-0.05, 0) is 55.0 Å². The van der Waals surface area contributed by atoms with Gasteiger partial charge in [-0.1, -0.05) is 72.0 Å². The van der Waals surface area contributed by atoms with E-state index in [9.17, 15) is 14.4 Å². The van der Waals surface area contributed by atoms with Gasteiger partial charge in [0.1, 0.15) is 12.3 Å². The van der Waals surface area contributed by atoms with Crippen LogP contribution in [0.3, 0.4) is 0 Å². The molecule has 0 saturated carbocycles. The molecule has 10 nitrogen and oxygen atoms in total. The SMILES string of the molecule is C=CCOC(=O)C1=C(C)N=c2sc(=Cc3cn(-c4ccccc4)nc3-c3ccc(Cl)cc3)c(=O)n2C1c1ccc(OC(C)=O)c(OC)c1. The summed E-state index contributed by atoms with van der Waals surface area (Å²) >= 11 is 7.37. The third-order valence-corrected chi connectivity index (χ3v) is 8.73. The number of benzene rings is 3. The molecule has 5 aromatic rings. The zero-order chi connectivity index (χ0) is 33.9. The molecule has 1 aliphatic rings. The molecular formula is C36H29ClN4O6S. The summed E-state index contributed by atoms with van der Waals surface area (Å²) in [4.78, 5) is 44.6. The number of hydrogen-bond acceptors (Lipinski definition) is 9. The topological polar surface area (TPSA) is 114 Å². The van der Waals surface area contributed by atoms with Crippen molar-refractivity contribution >= 4 is 41.0 Å². The number of rotatable bonds is 9. The molecule has 6 rings (SSSR count). The summed E-state index contributed by atoms with van der Waals surface area (Å²) < 4.78 is 19.9. The van der Waals surface area contributed by atoms with Gasteiger partial charge in [0.25, 0.3) is 5.56 Å². The van der Waals surface area contributed by atoms with Crippen molar-refractivity contribution in [2.24, 2.45) is 4.99 Å². The fourth-order valence-electron chi connectivity index (χ4n) is 5.38. The van der Waals surface area contributed by atoms with Gasteiger partial charge in [-0.25, -0.2) is 14.5 Å². The molecule has 242 valence electrons. The number of esters is 2. The Morgan fingerprint density at radius 1 is 1.06 bits per heavy atom. The second-order valence-electron chi connectivity index (χ2n) is 10.7. The van der Waals surface area contributed by atoms with Crippen molar-refractivity contribution < 1.29 is 23.8 Å². The number of fused-ring (bicyclic) bond motifs is 1. The highest BCUT2D eigenvalue weighted by Crippen LogP contribution is 2.36. The summed E-state index contributed by atoms with van der Waals surface area (Å²) in [7, 11) is 1.44. The van der Waals surface area contributed by atoms with E-state index in [2.05, 4.69) is 11.6 Å². The largest absolute Gasteiger partial charge is 0.493 e. The van der Waals surface area contributed by atoms with Crippen molar-refractivity contribution in [3.8, 4) is 28.4 Å². The van der Waals surface area contributed by atoms with Crippen LogP contribution in [0.5, 0.6) is 11.5 Å². The van der Waals surface area contributed by atoms with Gasteiger partial charge in [0.2, 0.25) is 0 Å². The number of aromatic nitrogens is 3. The van der Waals surface area contributed by atoms with E-state index in [1.165, 1.54) is 36.0 Å². The van der Waals surface area contributed by atoms with Crippen LogP contribution in [-0.4, -0.2) is 40.0 Å². The molecular weight excluding hydrogens is 652 g/mol. The van der Waals surface area contributed by atoms with Crippen LogP contribution < -0.4 is 24.4 Å². The van der Waals surface area contributed by atoms with Crippen LogP contribution in [0.4, 0.5) is 0 Å². The molecule has 0 saturated heterocycles. The number of allylic oxidation sites excluding steroid dienone is 1. The van der Waals surface area contributed by atoms with Crippen LogP contribution in [0, 0.1) is 0 Å². The van der Waals surface area contributed by atoms with E-state index in [4.69, 9.17) is 30.9 Å². The average molecular weight is 681 g/mol. The maximum Gasteiger partial charge on any atom is 0.338 e. The first-order chi connectivity index (χ1) is 23.2. The summed E-state index contributed by atoms with van der Waals surface area (Å²) in [5.41, 5.74) is 3.72. The molecule has 3 aromatic carbocycles. The number of carbonyl (C=O) groups excluding carboxylic acids is 2. The molecule has 12 heteroatoms. The van der Waals surface area contributed by atoms with Crippen molar-refractivity contribution in [2.45, 2.75) is 19.9 Å². The minimum Gasteiger partial charge on any atom is -0.493 e. The summed E-state index contributed by atoms with van der Waals surface area (Å²) in [5, 5.41) is 5.45. The van der Waals surface area contributed by atoms with E-state index in [1.807, 2.05) is 48.7 Å². The molecule has 0 radical (unpaired) electrons. The normalized spacial score (nSPS) is 14.2. The minimum atomic E-state index is -0.927. The predicted molar refractivity (Wildman–Crippen MR) is 183 cm³/mol. The zero-order valence-electron chi connectivity index (χ0n) is 26.2. The third kappa shape index (κ3) is 6.38. The Kier molecular flexibility index (Phi) is 9.24. The van der Waals surface area contributed by atoms with Crippen molar-refractivity contribution in [1.82, 2.24) is 14.3 Å². The predicted octanol–water partition coefficient (Wildman–Crippen LogP) is 5.40. The fraction of sp³-hybridized carbons (Fsp3) is 0.139. The highest BCUT2D eigenvalue weighted by molar-refractivity contribution is 7.07. The number of methoxy groups -OCH3 is 1. The Balaban J connectivity index is 1.55. The van der Waals surface area contributed by atoms with Gasteiger partial charge < -0.3 is 14.2 Å². The molecule has 3 heterocycles. The van der Waals surface area contributed by atoms with E-state index in [1.54, 1.807) is 48.0 Å². The maximum absolute atomic E-state index is 14.4. The number of nitrogens with zero attached hydrogens (tertiary/aromatic N) is 4. The van der Waals surface area contributed by atoms with Crippen molar-refractivity contribution in [2.75, 3.05) is 13.7 Å². The molecule has 0 spiro atoms. The van der Waals surface area contributed by atoms with Crippen LogP contribution >= 0.6 is 22.9 Å². The monoisotopic (exact) mass is 680 g/mol. The molecule has 2 aromatic heterocycles. The van der Waals surface area contributed by atoms with Gasteiger partial charge >= 0.3 is 11.9 Å². The number of carbonyl (C=O) groups is 2. The standard InChI is InChI=1S/C36H29ClN4O6S/c1-5-17-46-35(44)31-21(2)38-36-41(33(31)24-13-16-28(47-22(3)42)29(18-24)45-4)34(43)30(48-36)19-25-20-40(27-9-7-6-8-10-27)39-32(25)23-11-14-26(37)15-12-23/h5-16,18-20,33H,1,17H2,2-4H3. The van der Waals surface area contributed by atoms with E-state index in [-0.39, 0.29) is 29.2 Å². The lowest BCUT2D eigenvalue weighted by Crippen LogP contribution is -2.40. The highest BCUT2D eigenvalue weighted by atomic mass is 35.5. The number of thiazole rings is 1. The van der Waals surface area contributed by atoms with Crippen LogP contribution in [0.1, 0.15) is 31.0 Å². The molecule has 48 heavy (non-hydrogen) atoms. The van der Waals surface area contributed by atoms with Gasteiger partial charge in [0.05, 0.1) is 34.6 Å². The van der Waals surface area contributed by atoms with Gasteiger partial charge in [-0.2, -0.15) is 5.10 Å². The lowest BCUT2D eigenvalue weighted by molar-refractivity contribution is -0.138. The van der Waals surface area contributed by atoms with Crippen LogP contribution in [0.15, 0.2) is 113 Å². The summed E-state index contributed by atoms with van der Waals surface area (Å²) in [5.74, 6) is -0.721. The van der Waals surface area contributed by atoms with Gasteiger partial charge in [0.15, 0.2) is 16.3 Å². The van der Waals surface area contributed by atoms with Crippen LogP contribution in [0.2, 0.25) is 5.02 Å². The first-order valence-corrected chi connectivity index (χ1v) is 16.0. The minimum absolute atomic E-state index is 0.0274. The van der Waals surface area contributed by atoms with Crippen LogP contribution in [-0.2, 0) is 14.3 Å². The number of halogens is 1. The maximum atomic E-state index is 14.4. The van der Waals surface area contributed by atoms with Gasteiger partial charge in [-0.3, -0.25) is 14.2 Å². The van der Waals surface area contributed by atoms with Gasteiger partial charge in [-0.15, -0.1) is 0 Å². The van der Waals surface area contributed by atoms with Crippen LogP contribution in [0.25, 0.3) is 23.0 Å². The smallest absolute Gasteiger partial charge is 0.338 e. The molecule has 0 aliphatic carbocycles. The van der Waals surface area contributed by atoms with E-state index in [0.29, 0.717) is 36.9 Å². The Labute approximate surface area is 284 Å². The average Bonchev–Trinajstić information content (AvgIpc) is 3.64.